The molecule has 0 fully saturated rings. The van der Waals surface area contributed by atoms with Gasteiger partial charge >= 0.3 is 0 Å². The number of amides is 1. The quantitative estimate of drug-likeness (QED) is 0.513. The van der Waals surface area contributed by atoms with E-state index in [1.807, 2.05) is 18.4 Å². The zero-order valence-corrected chi connectivity index (χ0v) is 17.1. The Morgan fingerprint density at radius 3 is 2.57 bits per heavy atom. The molecule has 4 aromatic rings. The van der Waals surface area contributed by atoms with Crippen LogP contribution in [0.1, 0.15) is 51.9 Å². The Morgan fingerprint density at radius 1 is 1.07 bits per heavy atom. The van der Waals surface area contributed by atoms with Crippen LogP contribution in [0, 0.1) is 6.92 Å². The van der Waals surface area contributed by atoms with Gasteiger partial charge < -0.3 is 9.88 Å². The number of aromatic nitrogens is 6. The first-order valence-electron chi connectivity index (χ1n) is 9.47. The number of ketones is 1. The fourth-order valence-corrected chi connectivity index (χ4v) is 3.37. The molecule has 0 atom stereocenters. The summed E-state index contributed by atoms with van der Waals surface area (Å²) in [7, 11) is 1.75. The van der Waals surface area contributed by atoms with E-state index in [2.05, 4.69) is 25.4 Å². The Kier molecular flexibility index (Phi) is 4.86. The van der Waals surface area contributed by atoms with Crippen molar-refractivity contribution < 1.29 is 9.59 Å². The second-order valence-corrected chi connectivity index (χ2v) is 7.35. The number of anilines is 1. The highest BCUT2D eigenvalue weighted by Gasteiger charge is 2.20. The van der Waals surface area contributed by atoms with E-state index in [4.69, 9.17) is 0 Å². The summed E-state index contributed by atoms with van der Waals surface area (Å²) in [6.07, 6.45) is 9.52. The molecular weight excluding hydrogens is 382 g/mol. The molecule has 1 amide bonds. The molecule has 0 aliphatic rings. The van der Waals surface area contributed by atoms with Gasteiger partial charge in [0.15, 0.2) is 5.78 Å². The largest absolute Gasteiger partial charge is 0.329 e. The standard InChI is InChI=1S/C21H21N7O2/c1-12(2)28-10-18(16-8-23-11-24-20(16)28)19(29)14-5-15(7-22-6-14)25-21(30)17-9-27(4)26-13(17)3/h5-12H,1-4H3,(H,25,30). The van der Waals surface area contributed by atoms with E-state index < -0.39 is 0 Å². The fraction of sp³-hybridized carbons (Fsp3) is 0.238. The summed E-state index contributed by atoms with van der Waals surface area (Å²) in [5.74, 6) is -0.521. The van der Waals surface area contributed by atoms with Crippen molar-refractivity contribution in [2.45, 2.75) is 26.8 Å². The molecular formula is C21H21N7O2. The summed E-state index contributed by atoms with van der Waals surface area (Å²) >= 11 is 0. The lowest BCUT2D eigenvalue weighted by molar-refractivity contribution is 0.102. The van der Waals surface area contributed by atoms with Crippen molar-refractivity contribution in [1.29, 1.82) is 0 Å². The van der Waals surface area contributed by atoms with Crippen LogP contribution in [0.5, 0.6) is 0 Å². The molecule has 0 bridgehead atoms. The Bertz CT molecular complexity index is 1270. The Labute approximate surface area is 172 Å². The van der Waals surface area contributed by atoms with Gasteiger partial charge in [-0.2, -0.15) is 5.10 Å². The first-order valence-corrected chi connectivity index (χ1v) is 9.47. The number of nitrogens with one attached hydrogen (secondary N) is 1. The number of fused-ring (bicyclic) bond motifs is 1. The lowest BCUT2D eigenvalue weighted by atomic mass is 10.1. The van der Waals surface area contributed by atoms with Crippen LogP contribution in [0.3, 0.4) is 0 Å². The molecule has 0 radical (unpaired) electrons. The van der Waals surface area contributed by atoms with E-state index in [1.54, 1.807) is 43.3 Å². The second kappa shape index (κ2) is 7.51. The average Bonchev–Trinajstić information content (AvgIpc) is 3.27. The zero-order chi connectivity index (χ0) is 21.4. The summed E-state index contributed by atoms with van der Waals surface area (Å²) in [5.41, 5.74) is 3.07. The zero-order valence-electron chi connectivity index (χ0n) is 17.1. The van der Waals surface area contributed by atoms with Gasteiger partial charge in [0.25, 0.3) is 5.91 Å². The van der Waals surface area contributed by atoms with Crippen LogP contribution in [0.4, 0.5) is 5.69 Å². The van der Waals surface area contributed by atoms with E-state index >= 15 is 0 Å². The maximum Gasteiger partial charge on any atom is 0.259 e. The summed E-state index contributed by atoms with van der Waals surface area (Å²) in [4.78, 5) is 38.3. The first-order chi connectivity index (χ1) is 14.3. The van der Waals surface area contributed by atoms with Gasteiger partial charge in [-0.15, -0.1) is 0 Å². The van der Waals surface area contributed by atoms with E-state index in [0.717, 1.165) is 0 Å². The molecule has 0 saturated carbocycles. The predicted octanol–water partition coefficient (Wildman–Crippen LogP) is 2.93. The van der Waals surface area contributed by atoms with Gasteiger partial charge in [-0.1, -0.05) is 0 Å². The molecule has 4 aromatic heterocycles. The van der Waals surface area contributed by atoms with Crippen LogP contribution in [-0.4, -0.2) is 41.0 Å². The van der Waals surface area contributed by atoms with Gasteiger partial charge in [-0.3, -0.25) is 19.3 Å². The Hall–Kier alpha value is -3.88. The van der Waals surface area contributed by atoms with Gasteiger partial charge in [0.1, 0.15) is 12.0 Å². The molecule has 0 aliphatic heterocycles. The van der Waals surface area contributed by atoms with Crippen molar-refractivity contribution in [1.82, 2.24) is 29.3 Å². The SMILES string of the molecule is Cc1nn(C)cc1C(=O)Nc1cncc(C(=O)c2cn(C(C)C)c3ncncc23)c1. The minimum absolute atomic E-state index is 0.135. The average molecular weight is 403 g/mol. The van der Waals surface area contributed by atoms with E-state index in [1.165, 1.54) is 18.7 Å². The number of rotatable bonds is 5. The van der Waals surface area contributed by atoms with Crippen molar-refractivity contribution in [2.75, 3.05) is 5.32 Å². The number of hydrogen-bond donors (Lipinski definition) is 1. The topological polar surface area (TPSA) is 108 Å². The molecule has 9 nitrogen and oxygen atoms in total. The lowest BCUT2D eigenvalue weighted by Gasteiger charge is -2.07. The van der Waals surface area contributed by atoms with Gasteiger partial charge in [0.2, 0.25) is 0 Å². The third kappa shape index (κ3) is 3.45. The molecule has 0 aromatic carbocycles. The predicted molar refractivity (Wildman–Crippen MR) is 111 cm³/mol. The Balaban J connectivity index is 1.66. The van der Waals surface area contributed by atoms with Gasteiger partial charge in [0.05, 0.1) is 28.7 Å². The molecule has 4 rings (SSSR count). The first kappa shape index (κ1) is 19.4. The molecule has 0 spiro atoms. The number of carbonyl (C=O) groups excluding carboxylic acids is 2. The molecule has 9 heteroatoms. The highest BCUT2D eigenvalue weighted by Crippen LogP contribution is 2.25. The summed E-state index contributed by atoms with van der Waals surface area (Å²) in [5, 5.41) is 7.64. The smallest absolute Gasteiger partial charge is 0.259 e. The van der Waals surface area contributed by atoms with Crippen LogP contribution >= 0.6 is 0 Å². The molecule has 4 heterocycles. The van der Waals surface area contributed by atoms with Crippen LogP contribution in [-0.2, 0) is 7.05 Å². The summed E-state index contributed by atoms with van der Waals surface area (Å²) in [6.45, 7) is 5.81. The van der Waals surface area contributed by atoms with Crippen molar-refractivity contribution >= 4 is 28.4 Å². The monoisotopic (exact) mass is 403 g/mol. The van der Waals surface area contributed by atoms with Crippen molar-refractivity contribution in [3.63, 3.8) is 0 Å². The summed E-state index contributed by atoms with van der Waals surface area (Å²) in [6, 6.07) is 1.75. The van der Waals surface area contributed by atoms with Crippen LogP contribution in [0.2, 0.25) is 0 Å². The molecule has 0 saturated heterocycles. The molecule has 152 valence electrons. The van der Waals surface area contributed by atoms with Crippen molar-refractivity contribution in [3.8, 4) is 0 Å². The van der Waals surface area contributed by atoms with Gasteiger partial charge in [-0.05, 0) is 26.8 Å². The van der Waals surface area contributed by atoms with Gasteiger partial charge in [0, 0.05) is 48.8 Å². The maximum absolute atomic E-state index is 13.2. The third-order valence-corrected chi connectivity index (χ3v) is 4.81. The minimum atomic E-state index is -0.309. The van der Waals surface area contributed by atoms with E-state index in [0.29, 0.717) is 39.1 Å². The third-order valence-electron chi connectivity index (χ3n) is 4.81. The van der Waals surface area contributed by atoms with Crippen molar-refractivity contribution in [2.24, 2.45) is 7.05 Å². The number of carbonyl (C=O) groups is 2. The Morgan fingerprint density at radius 2 is 1.87 bits per heavy atom. The number of aryl methyl sites for hydroxylation is 2. The normalized spacial score (nSPS) is 11.2. The number of hydrogen-bond acceptors (Lipinski definition) is 6. The number of nitrogens with zero attached hydrogens (tertiary/aromatic N) is 6. The molecule has 1 N–H and O–H groups in total. The van der Waals surface area contributed by atoms with E-state index in [9.17, 15) is 9.59 Å². The second-order valence-electron chi connectivity index (χ2n) is 7.35. The maximum atomic E-state index is 13.2. The lowest BCUT2D eigenvalue weighted by Crippen LogP contribution is -2.13. The van der Waals surface area contributed by atoms with Crippen LogP contribution < -0.4 is 5.32 Å². The summed E-state index contributed by atoms with van der Waals surface area (Å²) < 4.78 is 3.52. The van der Waals surface area contributed by atoms with E-state index in [-0.39, 0.29) is 17.7 Å². The van der Waals surface area contributed by atoms with Gasteiger partial charge in [-0.25, -0.2) is 9.97 Å². The highest BCUT2D eigenvalue weighted by atomic mass is 16.1. The van der Waals surface area contributed by atoms with Crippen molar-refractivity contribution in [3.05, 3.63) is 65.8 Å². The van der Waals surface area contributed by atoms with Crippen LogP contribution in [0.25, 0.3) is 11.0 Å². The van der Waals surface area contributed by atoms with Crippen LogP contribution in [0.15, 0.2) is 43.4 Å². The molecule has 30 heavy (non-hydrogen) atoms. The fourth-order valence-electron chi connectivity index (χ4n) is 3.37. The molecule has 0 aliphatic carbocycles. The highest BCUT2D eigenvalue weighted by molar-refractivity contribution is 6.16. The number of pyridine rings is 1. The molecule has 0 unspecified atom stereocenters. The minimum Gasteiger partial charge on any atom is -0.329 e.